The van der Waals surface area contributed by atoms with Crippen molar-refractivity contribution in [1.82, 2.24) is 30.2 Å². The van der Waals surface area contributed by atoms with Gasteiger partial charge < -0.3 is 15.2 Å². The number of hydrogen-bond donors (Lipinski definition) is 2. The van der Waals surface area contributed by atoms with Crippen LogP contribution in [0.1, 0.15) is 11.6 Å². The van der Waals surface area contributed by atoms with Crippen molar-refractivity contribution < 1.29 is 4.79 Å². The molecule has 0 bridgehead atoms. The van der Waals surface area contributed by atoms with E-state index < -0.39 is 6.04 Å². The Labute approximate surface area is 132 Å². The molecule has 1 aliphatic heterocycles. The van der Waals surface area contributed by atoms with Crippen LogP contribution in [0, 0.1) is 0 Å². The molecule has 1 atom stereocenters. The Kier molecular flexibility index (Phi) is 2.87. The second kappa shape index (κ2) is 4.91. The molecule has 7 heteroatoms. The van der Waals surface area contributed by atoms with Crippen molar-refractivity contribution in [1.29, 1.82) is 0 Å². The summed E-state index contributed by atoms with van der Waals surface area (Å²) in [5.74, 6) is 1.24. The highest BCUT2D eigenvalue weighted by molar-refractivity contribution is 5.87. The molecular formula is C16H14N6O. The average molecular weight is 306 g/mol. The number of amides is 1. The Balaban J connectivity index is 1.71. The van der Waals surface area contributed by atoms with Crippen LogP contribution in [0.25, 0.3) is 22.6 Å². The first kappa shape index (κ1) is 13.4. The molecule has 3 aromatic rings. The minimum Gasteiger partial charge on any atom is -0.357 e. The molecule has 1 aliphatic rings. The van der Waals surface area contributed by atoms with Gasteiger partial charge in [0, 0.05) is 12.6 Å². The summed E-state index contributed by atoms with van der Waals surface area (Å²) in [7, 11) is 1.92. The van der Waals surface area contributed by atoms with E-state index in [1.54, 1.807) is 6.20 Å². The third kappa shape index (κ3) is 2.13. The molecule has 114 valence electrons. The number of nitrogens with one attached hydrogen (secondary N) is 2. The Morgan fingerprint density at radius 1 is 1.26 bits per heavy atom. The van der Waals surface area contributed by atoms with Gasteiger partial charge in [-0.3, -0.25) is 4.79 Å². The molecule has 1 fully saturated rings. The lowest BCUT2D eigenvalue weighted by molar-refractivity contribution is -0.120. The lowest BCUT2D eigenvalue weighted by atomic mass is 10.0. The van der Waals surface area contributed by atoms with Crippen LogP contribution in [0.3, 0.4) is 0 Å². The van der Waals surface area contributed by atoms with Crippen LogP contribution < -0.4 is 10.6 Å². The molecule has 1 aromatic carbocycles. The van der Waals surface area contributed by atoms with Crippen molar-refractivity contribution in [3.05, 3.63) is 54.8 Å². The smallest absolute Gasteiger partial charge is 0.252 e. The molecule has 1 saturated heterocycles. The quantitative estimate of drug-likeness (QED) is 0.744. The van der Waals surface area contributed by atoms with E-state index in [1.807, 2.05) is 35.9 Å². The number of nitrogens with zero attached hydrogens (tertiary/aromatic N) is 4. The van der Waals surface area contributed by atoms with Crippen molar-refractivity contribution in [3.63, 3.8) is 0 Å². The van der Waals surface area contributed by atoms with Gasteiger partial charge in [0.05, 0.1) is 12.0 Å². The van der Waals surface area contributed by atoms with Crippen LogP contribution in [0.5, 0.6) is 0 Å². The minimum absolute atomic E-state index is 0.0965. The summed E-state index contributed by atoms with van der Waals surface area (Å²) in [6.07, 6.45) is 3.20. The lowest BCUT2D eigenvalue weighted by Gasteiger charge is -2.09. The van der Waals surface area contributed by atoms with Crippen LogP contribution in [0.2, 0.25) is 0 Å². The largest absolute Gasteiger partial charge is 0.357 e. The predicted molar refractivity (Wildman–Crippen MR) is 84.9 cm³/mol. The minimum atomic E-state index is -0.400. The zero-order chi connectivity index (χ0) is 16.0. The third-order valence-corrected chi connectivity index (χ3v) is 3.89. The summed E-state index contributed by atoms with van der Waals surface area (Å²) in [5, 5.41) is 5.68. The van der Waals surface area contributed by atoms with Gasteiger partial charge in [0.1, 0.15) is 23.7 Å². The normalized spacial score (nSPS) is 17.3. The van der Waals surface area contributed by atoms with Gasteiger partial charge in [-0.2, -0.15) is 0 Å². The lowest BCUT2D eigenvalue weighted by Crippen LogP contribution is -2.19. The fraction of sp³-hybridized carbons (Fsp3) is 0.125. The van der Waals surface area contributed by atoms with Gasteiger partial charge in [0.2, 0.25) is 0 Å². The molecule has 2 aromatic heterocycles. The molecule has 0 aliphatic carbocycles. The number of aromatic nitrogens is 4. The van der Waals surface area contributed by atoms with E-state index in [0.29, 0.717) is 5.82 Å². The van der Waals surface area contributed by atoms with Crippen molar-refractivity contribution in [2.24, 2.45) is 7.05 Å². The Hall–Kier alpha value is -3.22. The van der Waals surface area contributed by atoms with Crippen molar-refractivity contribution in [3.8, 4) is 11.4 Å². The molecule has 4 rings (SSSR count). The summed E-state index contributed by atoms with van der Waals surface area (Å²) in [6, 6.07) is 7.31. The first-order valence-corrected chi connectivity index (χ1v) is 7.12. The van der Waals surface area contributed by atoms with Crippen LogP contribution in [0.15, 0.2) is 49.2 Å². The van der Waals surface area contributed by atoms with E-state index >= 15 is 0 Å². The maximum absolute atomic E-state index is 11.8. The van der Waals surface area contributed by atoms with Crippen molar-refractivity contribution in [2.75, 3.05) is 0 Å². The van der Waals surface area contributed by atoms with E-state index in [-0.39, 0.29) is 5.91 Å². The van der Waals surface area contributed by atoms with Gasteiger partial charge >= 0.3 is 0 Å². The van der Waals surface area contributed by atoms with Gasteiger partial charge in [-0.1, -0.05) is 30.8 Å². The van der Waals surface area contributed by atoms with E-state index in [1.165, 1.54) is 6.33 Å². The highest BCUT2D eigenvalue weighted by Gasteiger charge is 2.27. The van der Waals surface area contributed by atoms with E-state index in [4.69, 9.17) is 0 Å². The highest BCUT2D eigenvalue weighted by Crippen LogP contribution is 2.25. The van der Waals surface area contributed by atoms with E-state index in [2.05, 4.69) is 32.2 Å². The van der Waals surface area contributed by atoms with Gasteiger partial charge in [0.15, 0.2) is 5.65 Å². The standard InChI is InChI=1S/C16H14N6O/c1-9-19-13(16(23)20-9)10-3-5-11(6-4-10)14-21-12-7-17-8-18-15(12)22(14)2/h3-8,13,19H,1H2,2H3,(H,20,23). The molecule has 1 amide bonds. The predicted octanol–water partition coefficient (Wildman–Crippen LogP) is 1.26. The molecule has 7 nitrogen and oxygen atoms in total. The second-order valence-corrected chi connectivity index (χ2v) is 5.39. The van der Waals surface area contributed by atoms with Crippen LogP contribution in [-0.4, -0.2) is 25.4 Å². The summed E-state index contributed by atoms with van der Waals surface area (Å²) in [5.41, 5.74) is 3.37. The van der Waals surface area contributed by atoms with Crippen molar-refractivity contribution >= 4 is 17.1 Å². The molecule has 2 N–H and O–H groups in total. The fourth-order valence-corrected chi connectivity index (χ4v) is 2.76. The highest BCUT2D eigenvalue weighted by atomic mass is 16.2. The Morgan fingerprint density at radius 2 is 2.04 bits per heavy atom. The number of imidazole rings is 1. The zero-order valence-corrected chi connectivity index (χ0v) is 12.4. The topological polar surface area (TPSA) is 84.7 Å². The second-order valence-electron chi connectivity index (χ2n) is 5.39. The zero-order valence-electron chi connectivity index (χ0n) is 12.4. The molecule has 0 radical (unpaired) electrons. The third-order valence-electron chi connectivity index (χ3n) is 3.89. The van der Waals surface area contributed by atoms with Gasteiger partial charge in [0.25, 0.3) is 5.91 Å². The Bertz CT molecular complexity index is 927. The van der Waals surface area contributed by atoms with Crippen LogP contribution in [0.4, 0.5) is 0 Å². The Morgan fingerprint density at radius 3 is 2.70 bits per heavy atom. The summed E-state index contributed by atoms with van der Waals surface area (Å²) in [6.45, 7) is 3.71. The molecule has 0 saturated carbocycles. The number of aryl methyl sites for hydroxylation is 1. The first-order chi connectivity index (χ1) is 11.1. The van der Waals surface area contributed by atoms with Gasteiger partial charge in [-0.25, -0.2) is 15.0 Å². The average Bonchev–Trinajstić information content (AvgIpc) is 3.08. The number of carbonyl (C=O) groups excluding carboxylic acids is 1. The number of rotatable bonds is 2. The fourth-order valence-electron chi connectivity index (χ4n) is 2.76. The number of hydrogen-bond acceptors (Lipinski definition) is 5. The number of benzene rings is 1. The summed E-state index contributed by atoms with van der Waals surface area (Å²) in [4.78, 5) is 24.6. The first-order valence-electron chi connectivity index (χ1n) is 7.12. The van der Waals surface area contributed by atoms with Crippen LogP contribution in [-0.2, 0) is 11.8 Å². The SMILES string of the molecule is C=C1NC(=O)C(c2ccc(-c3nc4cncnc4n3C)cc2)N1. The van der Waals surface area contributed by atoms with Crippen molar-refractivity contribution in [2.45, 2.75) is 6.04 Å². The van der Waals surface area contributed by atoms with Crippen LogP contribution >= 0.6 is 0 Å². The number of fused-ring (bicyclic) bond motifs is 1. The van der Waals surface area contributed by atoms with E-state index in [9.17, 15) is 4.79 Å². The summed E-state index contributed by atoms with van der Waals surface area (Å²) >= 11 is 0. The molecule has 0 spiro atoms. The number of carbonyl (C=O) groups is 1. The maximum Gasteiger partial charge on any atom is 0.252 e. The van der Waals surface area contributed by atoms with E-state index in [0.717, 1.165) is 28.1 Å². The molecule has 3 heterocycles. The van der Waals surface area contributed by atoms with Gasteiger partial charge in [-0.15, -0.1) is 0 Å². The molecule has 1 unspecified atom stereocenters. The monoisotopic (exact) mass is 306 g/mol. The molecular weight excluding hydrogens is 292 g/mol. The van der Waals surface area contributed by atoms with Gasteiger partial charge in [-0.05, 0) is 5.56 Å². The molecule has 23 heavy (non-hydrogen) atoms. The summed E-state index contributed by atoms with van der Waals surface area (Å²) < 4.78 is 1.92. The maximum atomic E-state index is 11.8.